The van der Waals surface area contributed by atoms with Gasteiger partial charge in [0, 0.05) is 13.1 Å². The molecule has 1 saturated carbocycles. The Labute approximate surface area is 79.5 Å². The molecule has 74 valence electrons. The van der Waals surface area contributed by atoms with Crippen LogP contribution in [0.5, 0.6) is 0 Å². The highest BCUT2D eigenvalue weighted by Crippen LogP contribution is 2.32. The van der Waals surface area contributed by atoms with E-state index in [2.05, 4.69) is 10.2 Å². The number of carbonyl (C=O) groups excluding carboxylic acids is 1. The molecular weight excluding hydrogens is 164 g/mol. The van der Waals surface area contributed by atoms with Crippen molar-refractivity contribution >= 4 is 5.91 Å². The van der Waals surface area contributed by atoms with E-state index in [-0.39, 0.29) is 11.9 Å². The van der Waals surface area contributed by atoms with Crippen LogP contribution in [-0.2, 0) is 4.79 Å². The Morgan fingerprint density at radius 2 is 2.08 bits per heavy atom. The number of amides is 1. The van der Waals surface area contributed by atoms with Gasteiger partial charge in [0.05, 0.1) is 6.04 Å². The lowest BCUT2D eigenvalue weighted by atomic mass is 10.0. The molecule has 1 aliphatic carbocycles. The van der Waals surface area contributed by atoms with Gasteiger partial charge in [0.2, 0.25) is 5.91 Å². The Kier molecular flexibility index (Phi) is 2.54. The molecule has 3 heteroatoms. The van der Waals surface area contributed by atoms with Gasteiger partial charge < -0.3 is 5.32 Å². The number of likely N-dealkylation sites (tertiary alicyclic amines) is 1. The number of rotatable bonds is 2. The highest BCUT2D eigenvalue weighted by atomic mass is 16.2. The maximum atomic E-state index is 11.6. The van der Waals surface area contributed by atoms with E-state index in [9.17, 15) is 4.79 Å². The smallest absolute Gasteiger partial charge is 0.237 e. The summed E-state index contributed by atoms with van der Waals surface area (Å²) < 4.78 is 0. The third kappa shape index (κ3) is 1.85. The summed E-state index contributed by atoms with van der Waals surface area (Å²) in [7, 11) is 1.74. The average molecular weight is 182 g/mol. The summed E-state index contributed by atoms with van der Waals surface area (Å²) in [6, 6.07) is 0.897. The van der Waals surface area contributed by atoms with Crippen LogP contribution in [0.1, 0.15) is 32.1 Å². The third-order valence-electron chi connectivity index (χ3n) is 3.11. The summed E-state index contributed by atoms with van der Waals surface area (Å²) in [6.45, 7) is 1.13. The van der Waals surface area contributed by atoms with Crippen molar-refractivity contribution in [2.24, 2.45) is 0 Å². The Balaban J connectivity index is 1.99. The first-order valence-electron chi connectivity index (χ1n) is 5.30. The molecule has 2 rings (SSSR count). The lowest BCUT2D eigenvalue weighted by Crippen LogP contribution is -2.49. The molecule has 1 amide bonds. The number of nitrogens with zero attached hydrogens (tertiary/aromatic N) is 1. The van der Waals surface area contributed by atoms with Crippen molar-refractivity contribution in [1.82, 2.24) is 10.2 Å². The van der Waals surface area contributed by atoms with Crippen molar-refractivity contribution in [3.05, 3.63) is 0 Å². The second kappa shape index (κ2) is 3.66. The van der Waals surface area contributed by atoms with Crippen molar-refractivity contribution in [2.75, 3.05) is 13.6 Å². The van der Waals surface area contributed by atoms with Gasteiger partial charge >= 0.3 is 0 Å². The number of nitrogens with one attached hydrogen (secondary N) is 1. The number of carbonyl (C=O) groups is 1. The SMILES string of the molecule is CNC(=O)C1CCCCN1C1CC1. The molecule has 1 atom stereocenters. The van der Waals surface area contributed by atoms with Crippen LogP contribution >= 0.6 is 0 Å². The zero-order chi connectivity index (χ0) is 9.26. The lowest BCUT2D eigenvalue weighted by Gasteiger charge is -2.34. The van der Waals surface area contributed by atoms with Crippen LogP contribution < -0.4 is 5.32 Å². The minimum atomic E-state index is 0.172. The highest BCUT2D eigenvalue weighted by Gasteiger charge is 2.37. The van der Waals surface area contributed by atoms with E-state index in [1.807, 2.05) is 0 Å². The summed E-state index contributed by atoms with van der Waals surface area (Å²) in [6.07, 6.45) is 6.13. The molecular formula is C10H18N2O. The van der Waals surface area contributed by atoms with Crippen molar-refractivity contribution in [3.8, 4) is 0 Å². The fraction of sp³-hybridized carbons (Fsp3) is 0.900. The second-order valence-electron chi connectivity index (χ2n) is 4.09. The van der Waals surface area contributed by atoms with Crippen LogP contribution in [0.4, 0.5) is 0 Å². The molecule has 13 heavy (non-hydrogen) atoms. The van der Waals surface area contributed by atoms with Gasteiger partial charge in [-0.3, -0.25) is 9.69 Å². The number of piperidine rings is 1. The Hall–Kier alpha value is -0.570. The van der Waals surface area contributed by atoms with Gasteiger partial charge in [-0.05, 0) is 32.2 Å². The molecule has 1 saturated heterocycles. The van der Waals surface area contributed by atoms with Crippen LogP contribution in [0, 0.1) is 0 Å². The first-order chi connectivity index (χ1) is 6.33. The number of hydrogen-bond acceptors (Lipinski definition) is 2. The van der Waals surface area contributed by atoms with Gasteiger partial charge in [0.15, 0.2) is 0 Å². The van der Waals surface area contributed by atoms with Crippen LogP contribution in [0.15, 0.2) is 0 Å². The van der Waals surface area contributed by atoms with Crippen LogP contribution in [0.2, 0.25) is 0 Å². The van der Waals surface area contributed by atoms with Crippen molar-refractivity contribution in [1.29, 1.82) is 0 Å². The molecule has 0 spiro atoms. The normalized spacial score (nSPS) is 30.1. The minimum absolute atomic E-state index is 0.172. The highest BCUT2D eigenvalue weighted by molar-refractivity contribution is 5.81. The van der Waals surface area contributed by atoms with Crippen LogP contribution in [0.25, 0.3) is 0 Å². The molecule has 0 radical (unpaired) electrons. The molecule has 3 nitrogen and oxygen atoms in total. The summed E-state index contributed by atoms with van der Waals surface area (Å²) in [5.41, 5.74) is 0. The quantitative estimate of drug-likeness (QED) is 0.683. The van der Waals surface area contributed by atoms with Crippen LogP contribution in [-0.4, -0.2) is 36.5 Å². The molecule has 0 aromatic rings. The van der Waals surface area contributed by atoms with E-state index in [4.69, 9.17) is 0 Å². The topological polar surface area (TPSA) is 32.3 Å². The van der Waals surface area contributed by atoms with E-state index in [1.54, 1.807) is 7.05 Å². The molecule has 1 N–H and O–H groups in total. The molecule has 1 aliphatic heterocycles. The Bertz CT molecular complexity index is 201. The molecule has 0 aromatic carbocycles. The van der Waals surface area contributed by atoms with Crippen molar-refractivity contribution in [3.63, 3.8) is 0 Å². The Morgan fingerprint density at radius 3 is 2.69 bits per heavy atom. The third-order valence-corrected chi connectivity index (χ3v) is 3.11. The summed E-state index contributed by atoms with van der Waals surface area (Å²) in [4.78, 5) is 14.0. The average Bonchev–Trinajstić information content (AvgIpc) is 3.00. The first kappa shape index (κ1) is 9.00. The molecule has 0 bridgehead atoms. The van der Waals surface area contributed by atoms with E-state index >= 15 is 0 Å². The Morgan fingerprint density at radius 1 is 1.31 bits per heavy atom. The summed E-state index contributed by atoms with van der Waals surface area (Å²) in [5.74, 6) is 0.214. The summed E-state index contributed by atoms with van der Waals surface area (Å²) >= 11 is 0. The van der Waals surface area contributed by atoms with Crippen LogP contribution in [0.3, 0.4) is 0 Å². The number of likely N-dealkylation sites (N-methyl/N-ethyl adjacent to an activating group) is 1. The number of hydrogen-bond donors (Lipinski definition) is 1. The predicted octanol–water partition coefficient (Wildman–Crippen LogP) is 0.749. The van der Waals surface area contributed by atoms with E-state index in [1.165, 1.54) is 25.7 Å². The van der Waals surface area contributed by atoms with Gasteiger partial charge in [0.25, 0.3) is 0 Å². The minimum Gasteiger partial charge on any atom is -0.358 e. The van der Waals surface area contributed by atoms with E-state index in [0.29, 0.717) is 0 Å². The predicted molar refractivity (Wildman–Crippen MR) is 51.4 cm³/mol. The zero-order valence-electron chi connectivity index (χ0n) is 8.25. The second-order valence-corrected chi connectivity index (χ2v) is 4.09. The largest absolute Gasteiger partial charge is 0.358 e. The lowest BCUT2D eigenvalue weighted by molar-refractivity contribution is -0.127. The van der Waals surface area contributed by atoms with Gasteiger partial charge in [-0.15, -0.1) is 0 Å². The molecule has 2 fully saturated rings. The van der Waals surface area contributed by atoms with Gasteiger partial charge in [-0.1, -0.05) is 6.42 Å². The standard InChI is InChI=1S/C10H18N2O/c1-11-10(13)9-4-2-3-7-12(9)8-5-6-8/h8-9H,2-7H2,1H3,(H,11,13). The molecule has 0 aromatic heterocycles. The fourth-order valence-corrected chi connectivity index (χ4v) is 2.25. The van der Waals surface area contributed by atoms with E-state index < -0.39 is 0 Å². The van der Waals surface area contributed by atoms with Gasteiger partial charge in [-0.25, -0.2) is 0 Å². The maximum Gasteiger partial charge on any atom is 0.237 e. The first-order valence-corrected chi connectivity index (χ1v) is 5.30. The van der Waals surface area contributed by atoms with Crippen molar-refractivity contribution < 1.29 is 4.79 Å². The maximum absolute atomic E-state index is 11.6. The van der Waals surface area contributed by atoms with Crippen molar-refractivity contribution in [2.45, 2.75) is 44.2 Å². The van der Waals surface area contributed by atoms with Gasteiger partial charge in [0.1, 0.15) is 0 Å². The molecule has 1 heterocycles. The monoisotopic (exact) mass is 182 g/mol. The van der Waals surface area contributed by atoms with Gasteiger partial charge in [-0.2, -0.15) is 0 Å². The fourth-order valence-electron chi connectivity index (χ4n) is 2.25. The molecule has 1 unspecified atom stereocenters. The zero-order valence-corrected chi connectivity index (χ0v) is 8.25. The van der Waals surface area contributed by atoms with E-state index in [0.717, 1.165) is 19.0 Å². The summed E-state index contributed by atoms with van der Waals surface area (Å²) in [5, 5.41) is 2.77. The molecule has 2 aliphatic rings.